The number of hydrogen-bond acceptors (Lipinski definition) is 2. The van der Waals surface area contributed by atoms with Crippen molar-refractivity contribution >= 4 is 38.9 Å². The predicted octanol–water partition coefficient (Wildman–Crippen LogP) is 5.32. The van der Waals surface area contributed by atoms with Gasteiger partial charge in [0.2, 0.25) is 0 Å². The molecule has 18 heavy (non-hydrogen) atoms. The Hall–Kier alpha value is -0.350. The van der Waals surface area contributed by atoms with Gasteiger partial charge in [-0.3, -0.25) is 0 Å². The van der Waals surface area contributed by atoms with Crippen molar-refractivity contribution in [3.05, 3.63) is 55.1 Å². The van der Waals surface area contributed by atoms with E-state index in [0.717, 1.165) is 16.0 Å². The highest BCUT2D eigenvalue weighted by Crippen LogP contribution is 2.25. The van der Waals surface area contributed by atoms with Gasteiger partial charge in [-0.1, -0.05) is 33.6 Å². The largest absolute Gasteiger partial charge is 0.305 e. The van der Waals surface area contributed by atoms with Crippen LogP contribution in [0.2, 0.25) is 5.02 Å². The summed E-state index contributed by atoms with van der Waals surface area (Å²) in [7, 11) is 0. The van der Waals surface area contributed by atoms with Crippen molar-refractivity contribution < 1.29 is 0 Å². The predicted molar refractivity (Wildman–Crippen MR) is 83.5 cm³/mol. The summed E-state index contributed by atoms with van der Waals surface area (Å²) in [5, 5.41) is 4.28. The third kappa shape index (κ3) is 3.58. The fraction of sp³-hybridized carbons (Fsp3) is 0.286. The van der Waals surface area contributed by atoms with Crippen molar-refractivity contribution in [1.82, 2.24) is 5.32 Å². The van der Waals surface area contributed by atoms with Gasteiger partial charge in [0.25, 0.3) is 0 Å². The second kappa shape index (κ2) is 6.20. The second-order valence-corrected chi connectivity index (χ2v) is 6.90. The van der Waals surface area contributed by atoms with Gasteiger partial charge >= 0.3 is 0 Å². The minimum absolute atomic E-state index is 0.367. The Balaban J connectivity index is 1.99. The first-order valence-corrected chi connectivity index (χ1v) is 7.78. The van der Waals surface area contributed by atoms with Gasteiger partial charge in [-0.25, -0.2) is 0 Å². The minimum atomic E-state index is 0.367. The van der Waals surface area contributed by atoms with E-state index >= 15 is 0 Å². The van der Waals surface area contributed by atoms with Crippen LogP contribution >= 0.6 is 38.9 Å². The topological polar surface area (TPSA) is 12.0 Å². The van der Waals surface area contributed by atoms with Gasteiger partial charge in [0, 0.05) is 31.8 Å². The Bertz CT molecular complexity index is 538. The maximum atomic E-state index is 5.93. The van der Waals surface area contributed by atoms with Gasteiger partial charge in [0.1, 0.15) is 0 Å². The molecule has 1 unspecified atom stereocenters. The van der Waals surface area contributed by atoms with Crippen molar-refractivity contribution in [3.8, 4) is 0 Å². The molecular formula is C14H15BrClNS. The first kappa shape index (κ1) is 14.1. The molecule has 2 aromatic rings. The maximum absolute atomic E-state index is 5.93. The molecule has 0 aliphatic carbocycles. The fourth-order valence-corrected chi connectivity index (χ4v) is 3.44. The number of nitrogens with one attached hydrogen (secondary N) is 1. The highest BCUT2D eigenvalue weighted by atomic mass is 79.9. The zero-order chi connectivity index (χ0) is 13.1. The number of thiophene rings is 1. The average Bonchev–Trinajstić information content (AvgIpc) is 2.74. The molecule has 1 aromatic carbocycles. The monoisotopic (exact) mass is 343 g/mol. The SMILES string of the molecule is Cc1ccc(C(C)NCc2ccc(Cl)cc2Br)s1. The molecule has 1 N–H and O–H groups in total. The lowest BCUT2D eigenvalue weighted by Crippen LogP contribution is -2.17. The zero-order valence-corrected chi connectivity index (χ0v) is 13.5. The Morgan fingerprint density at radius 3 is 2.72 bits per heavy atom. The van der Waals surface area contributed by atoms with Crippen LogP contribution in [0.4, 0.5) is 0 Å². The summed E-state index contributed by atoms with van der Waals surface area (Å²) >= 11 is 11.3. The minimum Gasteiger partial charge on any atom is -0.305 e. The number of benzene rings is 1. The van der Waals surface area contributed by atoms with Crippen LogP contribution < -0.4 is 5.32 Å². The standard InChI is InChI=1S/C14H15BrClNS/c1-9-3-6-14(18-9)10(2)17-8-11-4-5-12(16)7-13(11)15/h3-7,10,17H,8H2,1-2H3. The quantitative estimate of drug-likeness (QED) is 0.791. The van der Waals surface area contributed by atoms with Gasteiger partial charge in [-0.05, 0) is 43.7 Å². The van der Waals surface area contributed by atoms with E-state index in [1.54, 1.807) is 0 Å². The molecule has 1 atom stereocenters. The van der Waals surface area contributed by atoms with Gasteiger partial charge in [-0.2, -0.15) is 0 Å². The first-order valence-electron chi connectivity index (χ1n) is 5.80. The number of rotatable bonds is 4. The molecule has 0 aliphatic heterocycles. The van der Waals surface area contributed by atoms with E-state index in [1.807, 2.05) is 29.5 Å². The normalized spacial score (nSPS) is 12.7. The Morgan fingerprint density at radius 1 is 1.33 bits per heavy atom. The molecule has 4 heteroatoms. The molecule has 1 aromatic heterocycles. The molecule has 0 bridgehead atoms. The van der Waals surface area contributed by atoms with Crippen molar-refractivity contribution in [2.24, 2.45) is 0 Å². The van der Waals surface area contributed by atoms with Crippen molar-refractivity contribution in [2.75, 3.05) is 0 Å². The van der Waals surface area contributed by atoms with Crippen LogP contribution in [-0.4, -0.2) is 0 Å². The van der Waals surface area contributed by atoms with E-state index in [9.17, 15) is 0 Å². The van der Waals surface area contributed by atoms with E-state index in [-0.39, 0.29) is 0 Å². The molecule has 1 heterocycles. The van der Waals surface area contributed by atoms with E-state index in [0.29, 0.717) is 6.04 Å². The fourth-order valence-electron chi connectivity index (χ4n) is 1.71. The number of hydrogen-bond donors (Lipinski definition) is 1. The van der Waals surface area contributed by atoms with Crippen LogP contribution in [0.5, 0.6) is 0 Å². The van der Waals surface area contributed by atoms with E-state index in [2.05, 4.69) is 47.2 Å². The summed E-state index contributed by atoms with van der Waals surface area (Å²) in [6, 6.07) is 10.6. The molecule has 0 saturated heterocycles. The van der Waals surface area contributed by atoms with Crippen molar-refractivity contribution in [3.63, 3.8) is 0 Å². The molecule has 0 aliphatic rings. The Kier molecular flexibility index (Phi) is 4.84. The maximum Gasteiger partial charge on any atom is 0.0417 e. The van der Waals surface area contributed by atoms with Gasteiger partial charge in [0.05, 0.1) is 0 Å². The first-order chi connectivity index (χ1) is 8.56. The van der Waals surface area contributed by atoms with Crippen LogP contribution in [0.25, 0.3) is 0 Å². The highest BCUT2D eigenvalue weighted by molar-refractivity contribution is 9.10. The number of halogens is 2. The van der Waals surface area contributed by atoms with Gasteiger partial charge < -0.3 is 5.32 Å². The summed E-state index contributed by atoms with van der Waals surface area (Å²) in [5.41, 5.74) is 1.22. The highest BCUT2D eigenvalue weighted by Gasteiger charge is 2.08. The Morgan fingerprint density at radius 2 is 2.11 bits per heavy atom. The van der Waals surface area contributed by atoms with Crippen LogP contribution in [0.15, 0.2) is 34.8 Å². The average molecular weight is 345 g/mol. The van der Waals surface area contributed by atoms with Crippen molar-refractivity contribution in [2.45, 2.75) is 26.4 Å². The third-order valence-electron chi connectivity index (χ3n) is 2.80. The summed E-state index contributed by atoms with van der Waals surface area (Å²) < 4.78 is 1.05. The molecule has 0 radical (unpaired) electrons. The number of aryl methyl sites for hydroxylation is 1. The molecule has 2 rings (SSSR count). The molecular weight excluding hydrogens is 330 g/mol. The summed E-state index contributed by atoms with van der Waals surface area (Å²) in [5.74, 6) is 0. The summed E-state index contributed by atoms with van der Waals surface area (Å²) in [4.78, 5) is 2.73. The summed E-state index contributed by atoms with van der Waals surface area (Å²) in [6.45, 7) is 5.15. The van der Waals surface area contributed by atoms with Crippen molar-refractivity contribution in [1.29, 1.82) is 0 Å². The van der Waals surface area contributed by atoms with Gasteiger partial charge in [-0.15, -0.1) is 11.3 Å². The lowest BCUT2D eigenvalue weighted by Gasteiger charge is -2.13. The zero-order valence-electron chi connectivity index (χ0n) is 10.3. The lowest BCUT2D eigenvalue weighted by atomic mass is 10.2. The van der Waals surface area contributed by atoms with E-state index in [1.165, 1.54) is 15.3 Å². The second-order valence-electron chi connectivity index (χ2n) is 4.29. The molecule has 1 nitrogen and oxygen atoms in total. The molecule has 96 valence electrons. The van der Waals surface area contributed by atoms with Gasteiger partial charge in [0.15, 0.2) is 0 Å². The molecule has 0 saturated carbocycles. The molecule has 0 fully saturated rings. The van der Waals surface area contributed by atoms with E-state index < -0.39 is 0 Å². The van der Waals surface area contributed by atoms with Crippen LogP contribution in [0, 0.1) is 6.92 Å². The lowest BCUT2D eigenvalue weighted by molar-refractivity contribution is 0.582. The van der Waals surface area contributed by atoms with Crippen LogP contribution in [0.3, 0.4) is 0 Å². The van der Waals surface area contributed by atoms with Crippen LogP contribution in [-0.2, 0) is 6.54 Å². The van der Waals surface area contributed by atoms with Crippen LogP contribution in [0.1, 0.15) is 28.3 Å². The summed E-state index contributed by atoms with van der Waals surface area (Å²) in [6.07, 6.45) is 0. The van der Waals surface area contributed by atoms with E-state index in [4.69, 9.17) is 11.6 Å². The third-order valence-corrected chi connectivity index (χ3v) is 4.96. The Labute approximate surface area is 125 Å². The molecule has 0 amide bonds. The smallest absolute Gasteiger partial charge is 0.0417 e. The molecule has 0 spiro atoms.